The maximum Gasteiger partial charge on any atom is 0.191 e. The van der Waals surface area contributed by atoms with Crippen LogP contribution in [-0.2, 0) is 19.5 Å². The second kappa shape index (κ2) is 10.5. The summed E-state index contributed by atoms with van der Waals surface area (Å²) in [6, 6.07) is 15.2. The first kappa shape index (κ1) is 20.6. The Morgan fingerprint density at radius 3 is 2.54 bits per heavy atom. The molecule has 2 N–H and O–H groups in total. The third-order valence-corrected chi connectivity index (χ3v) is 4.53. The van der Waals surface area contributed by atoms with E-state index in [9.17, 15) is 4.39 Å². The van der Waals surface area contributed by atoms with Crippen molar-refractivity contribution in [2.45, 2.75) is 19.5 Å². The number of hydrogen-bond donors (Lipinski definition) is 2. The number of rotatable bonds is 5. The van der Waals surface area contributed by atoms with Gasteiger partial charge in [0.15, 0.2) is 5.96 Å². The van der Waals surface area contributed by atoms with Gasteiger partial charge < -0.3 is 10.6 Å². The third kappa shape index (κ3) is 5.95. The van der Waals surface area contributed by atoms with Gasteiger partial charge >= 0.3 is 0 Å². The fourth-order valence-electron chi connectivity index (χ4n) is 3.09. The van der Waals surface area contributed by atoms with Gasteiger partial charge in [0.05, 0.1) is 0 Å². The maximum absolute atomic E-state index is 12.9. The number of nitrogens with zero attached hydrogens (tertiary/aromatic N) is 2. The smallest absolute Gasteiger partial charge is 0.191 e. The van der Waals surface area contributed by atoms with E-state index in [2.05, 4.69) is 44.8 Å². The minimum Gasteiger partial charge on any atom is -0.355 e. The first-order chi connectivity index (χ1) is 12.2. The van der Waals surface area contributed by atoms with E-state index >= 15 is 0 Å². The lowest BCUT2D eigenvalue weighted by Gasteiger charge is -2.28. The number of halogens is 2. The Balaban J connectivity index is 0.00000243. The average Bonchev–Trinajstić information content (AvgIpc) is 2.65. The number of fused-ring (bicyclic) bond motifs is 1. The van der Waals surface area contributed by atoms with Crippen LogP contribution in [0.5, 0.6) is 0 Å². The van der Waals surface area contributed by atoms with Gasteiger partial charge in [0.1, 0.15) is 5.82 Å². The predicted octanol–water partition coefficient (Wildman–Crippen LogP) is 3.17. The number of hydrogen-bond acceptors (Lipinski definition) is 2. The molecule has 0 atom stereocenters. The second-order valence-corrected chi connectivity index (χ2v) is 6.27. The van der Waals surface area contributed by atoms with Crippen LogP contribution in [-0.4, -0.2) is 37.5 Å². The van der Waals surface area contributed by atoms with Crippen LogP contribution in [0.3, 0.4) is 0 Å². The van der Waals surface area contributed by atoms with Crippen LogP contribution in [0.15, 0.2) is 53.5 Å². The van der Waals surface area contributed by atoms with Gasteiger partial charge in [-0.05, 0) is 35.2 Å². The van der Waals surface area contributed by atoms with Crippen LogP contribution in [0.25, 0.3) is 0 Å². The van der Waals surface area contributed by atoms with Gasteiger partial charge in [-0.2, -0.15) is 0 Å². The van der Waals surface area contributed by atoms with Crippen LogP contribution in [0.1, 0.15) is 16.7 Å². The average molecular weight is 468 g/mol. The summed E-state index contributed by atoms with van der Waals surface area (Å²) in [6.45, 7) is 4.55. The second-order valence-electron chi connectivity index (χ2n) is 6.27. The van der Waals surface area contributed by atoms with E-state index in [0.717, 1.165) is 44.1 Å². The quantitative estimate of drug-likeness (QED) is 0.403. The summed E-state index contributed by atoms with van der Waals surface area (Å²) in [7, 11) is 1.76. The highest BCUT2D eigenvalue weighted by Gasteiger charge is 2.14. The monoisotopic (exact) mass is 468 g/mol. The van der Waals surface area contributed by atoms with Gasteiger partial charge in [-0.1, -0.05) is 36.4 Å². The van der Waals surface area contributed by atoms with Gasteiger partial charge in [0.25, 0.3) is 0 Å². The highest BCUT2D eigenvalue weighted by molar-refractivity contribution is 14.0. The van der Waals surface area contributed by atoms with Crippen LogP contribution < -0.4 is 10.6 Å². The van der Waals surface area contributed by atoms with E-state index in [-0.39, 0.29) is 29.8 Å². The highest BCUT2D eigenvalue weighted by Crippen LogP contribution is 2.17. The first-order valence-electron chi connectivity index (χ1n) is 8.72. The largest absolute Gasteiger partial charge is 0.355 e. The Hall–Kier alpha value is -1.67. The lowest BCUT2D eigenvalue weighted by molar-refractivity contribution is 0.258. The van der Waals surface area contributed by atoms with Gasteiger partial charge in [0.2, 0.25) is 0 Å². The zero-order chi connectivity index (χ0) is 17.5. The molecule has 0 aliphatic carbocycles. The zero-order valence-corrected chi connectivity index (χ0v) is 17.4. The van der Waals surface area contributed by atoms with Gasteiger partial charge in [-0.25, -0.2) is 4.39 Å². The van der Waals surface area contributed by atoms with Gasteiger partial charge in [0, 0.05) is 39.8 Å². The topological polar surface area (TPSA) is 39.7 Å². The van der Waals surface area contributed by atoms with Crippen LogP contribution in [0.4, 0.5) is 4.39 Å². The molecule has 0 fully saturated rings. The van der Waals surface area contributed by atoms with Crippen molar-refractivity contribution in [3.05, 3.63) is 71.0 Å². The fraction of sp³-hybridized carbons (Fsp3) is 0.350. The molecule has 0 spiro atoms. The number of aliphatic imine (C=N–C) groups is 1. The molecule has 0 saturated heterocycles. The molecule has 6 heteroatoms. The molecule has 0 radical (unpaired) electrons. The van der Waals surface area contributed by atoms with Gasteiger partial charge in [-0.3, -0.25) is 9.89 Å². The molecular weight excluding hydrogens is 442 g/mol. The molecule has 2 aromatic rings. The van der Waals surface area contributed by atoms with Crippen molar-refractivity contribution in [2.75, 3.05) is 26.7 Å². The number of nitrogens with one attached hydrogen (secondary N) is 2. The molecule has 0 unspecified atom stereocenters. The normalized spacial score (nSPS) is 14.3. The molecule has 0 amide bonds. The summed E-state index contributed by atoms with van der Waals surface area (Å²) in [5.74, 6) is 0.552. The molecule has 1 heterocycles. The standard InChI is InChI=1S/C20H25FN4.HI/c1-22-20(24-14-16-6-8-19(21)9-7-16)23-11-13-25-12-10-17-4-2-3-5-18(17)15-25;/h2-9H,10-15H2,1H3,(H2,22,23,24);1H. The molecule has 26 heavy (non-hydrogen) atoms. The molecular formula is C20H26FIN4. The van der Waals surface area contributed by atoms with Crippen LogP contribution in [0.2, 0.25) is 0 Å². The van der Waals surface area contributed by atoms with Crippen molar-refractivity contribution in [3.63, 3.8) is 0 Å². The Bertz CT molecular complexity index is 718. The minimum absolute atomic E-state index is 0. The molecule has 3 rings (SSSR count). The van der Waals surface area contributed by atoms with E-state index in [0.29, 0.717) is 6.54 Å². The Morgan fingerprint density at radius 1 is 1.08 bits per heavy atom. The highest BCUT2D eigenvalue weighted by atomic mass is 127. The first-order valence-corrected chi connectivity index (χ1v) is 8.72. The predicted molar refractivity (Wildman–Crippen MR) is 115 cm³/mol. The van der Waals surface area contributed by atoms with Crippen molar-refractivity contribution in [1.82, 2.24) is 15.5 Å². The Kier molecular flexibility index (Phi) is 8.31. The molecule has 1 aliphatic heterocycles. The lowest BCUT2D eigenvalue weighted by Crippen LogP contribution is -2.42. The molecule has 0 aromatic heterocycles. The Morgan fingerprint density at radius 2 is 1.81 bits per heavy atom. The molecule has 1 aliphatic rings. The van der Waals surface area contributed by atoms with E-state index in [1.54, 1.807) is 19.2 Å². The van der Waals surface area contributed by atoms with E-state index in [1.165, 1.54) is 23.3 Å². The summed E-state index contributed by atoms with van der Waals surface area (Å²) in [6.07, 6.45) is 1.12. The fourth-order valence-corrected chi connectivity index (χ4v) is 3.09. The van der Waals surface area contributed by atoms with E-state index in [1.807, 2.05) is 0 Å². The van der Waals surface area contributed by atoms with Crippen molar-refractivity contribution in [2.24, 2.45) is 4.99 Å². The van der Waals surface area contributed by atoms with Crippen molar-refractivity contribution in [1.29, 1.82) is 0 Å². The summed E-state index contributed by atoms with van der Waals surface area (Å²) < 4.78 is 12.9. The lowest BCUT2D eigenvalue weighted by atomic mass is 10.00. The van der Waals surface area contributed by atoms with Crippen LogP contribution in [0, 0.1) is 5.82 Å². The summed E-state index contributed by atoms with van der Waals surface area (Å²) >= 11 is 0. The van der Waals surface area contributed by atoms with E-state index < -0.39 is 0 Å². The maximum atomic E-state index is 12.9. The summed E-state index contributed by atoms with van der Waals surface area (Å²) in [5, 5.41) is 6.60. The van der Waals surface area contributed by atoms with Crippen LogP contribution >= 0.6 is 24.0 Å². The van der Waals surface area contributed by atoms with Gasteiger partial charge in [-0.15, -0.1) is 24.0 Å². The summed E-state index contributed by atoms with van der Waals surface area (Å²) in [5.41, 5.74) is 3.94. The molecule has 0 bridgehead atoms. The van der Waals surface area contributed by atoms with E-state index in [4.69, 9.17) is 0 Å². The Labute approximate surface area is 171 Å². The molecule has 0 saturated carbocycles. The molecule has 4 nitrogen and oxygen atoms in total. The molecule has 140 valence electrons. The van der Waals surface area contributed by atoms with Crippen molar-refractivity contribution < 1.29 is 4.39 Å². The molecule has 2 aromatic carbocycles. The third-order valence-electron chi connectivity index (χ3n) is 4.53. The number of benzene rings is 2. The SMILES string of the molecule is CN=C(NCCN1CCc2ccccc2C1)NCc1ccc(F)cc1.I. The summed E-state index contributed by atoms with van der Waals surface area (Å²) in [4.78, 5) is 6.70. The minimum atomic E-state index is -0.214. The number of guanidine groups is 1. The van der Waals surface area contributed by atoms with Crippen molar-refractivity contribution in [3.8, 4) is 0 Å². The van der Waals surface area contributed by atoms with Crippen molar-refractivity contribution >= 4 is 29.9 Å². The zero-order valence-electron chi connectivity index (χ0n) is 15.0.